The molecule has 2 aromatic heterocycles. The zero-order valence-electron chi connectivity index (χ0n) is 13.0. The molecule has 4 nitrogen and oxygen atoms in total. The number of hydrogen-bond donors (Lipinski definition) is 2. The summed E-state index contributed by atoms with van der Waals surface area (Å²) in [6, 6.07) is 2.22. The Kier molecular flexibility index (Phi) is 6.57. The first-order chi connectivity index (χ1) is 10.3. The van der Waals surface area contributed by atoms with E-state index in [1.165, 1.54) is 10.6 Å². The number of hydrogen-bond acceptors (Lipinski definition) is 6. The van der Waals surface area contributed by atoms with E-state index >= 15 is 0 Å². The molecule has 0 bridgehead atoms. The maximum absolute atomic E-state index is 4.65. The lowest BCUT2D eigenvalue weighted by molar-refractivity contribution is 0.950. The number of thiophene rings is 1. The Bertz CT molecular complexity index is 568. The highest BCUT2D eigenvalue weighted by atomic mass is 32.2. The molecule has 0 aromatic carbocycles. The lowest BCUT2D eigenvalue weighted by atomic mass is 10.3. The third kappa shape index (κ3) is 4.48. The lowest BCUT2D eigenvalue weighted by Crippen LogP contribution is -2.09. The zero-order valence-corrected chi connectivity index (χ0v) is 14.7. The van der Waals surface area contributed by atoms with Crippen molar-refractivity contribution < 1.29 is 0 Å². The van der Waals surface area contributed by atoms with Gasteiger partial charge in [-0.05, 0) is 37.3 Å². The summed E-state index contributed by atoms with van der Waals surface area (Å²) in [5.74, 6) is 2.88. The van der Waals surface area contributed by atoms with Gasteiger partial charge in [-0.25, -0.2) is 4.98 Å². The molecule has 0 spiro atoms. The minimum atomic E-state index is 0.737. The molecule has 0 amide bonds. The molecule has 116 valence electrons. The highest BCUT2D eigenvalue weighted by Crippen LogP contribution is 2.30. The van der Waals surface area contributed by atoms with E-state index in [1.54, 1.807) is 11.3 Å². The second kappa shape index (κ2) is 8.44. The third-order valence-electron chi connectivity index (χ3n) is 3.14. The molecule has 0 radical (unpaired) electrons. The van der Waals surface area contributed by atoms with Gasteiger partial charge in [0.25, 0.3) is 0 Å². The van der Waals surface area contributed by atoms with Crippen molar-refractivity contribution in [2.24, 2.45) is 0 Å². The zero-order chi connectivity index (χ0) is 15.1. The van der Waals surface area contributed by atoms with Gasteiger partial charge in [0.05, 0.1) is 5.39 Å². The number of anilines is 2. The van der Waals surface area contributed by atoms with E-state index in [1.807, 2.05) is 11.8 Å². The molecule has 0 saturated carbocycles. The summed E-state index contributed by atoms with van der Waals surface area (Å²) < 4.78 is 0. The normalized spacial score (nSPS) is 11.0. The highest BCUT2D eigenvalue weighted by molar-refractivity contribution is 7.98. The summed E-state index contributed by atoms with van der Waals surface area (Å²) in [4.78, 5) is 11.7. The van der Waals surface area contributed by atoms with E-state index in [0.717, 1.165) is 54.3 Å². The molecule has 2 heterocycles. The van der Waals surface area contributed by atoms with E-state index in [-0.39, 0.29) is 0 Å². The Morgan fingerprint density at radius 3 is 2.76 bits per heavy atom. The van der Waals surface area contributed by atoms with Crippen LogP contribution in [0.1, 0.15) is 31.6 Å². The SMILES string of the molecule is CCCNc1nc(NCCCSC)c2cc(CC)sc2n1. The first kappa shape index (κ1) is 16.4. The summed E-state index contributed by atoms with van der Waals surface area (Å²) in [6.45, 7) is 6.19. The number of aryl methyl sites for hydroxylation is 1. The van der Waals surface area contributed by atoms with Crippen LogP contribution >= 0.6 is 23.1 Å². The predicted octanol–water partition coefficient (Wildman–Crippen LogP) is 4.24. The van der Waals surface area contributed by atoms with Crippen molar-refractivity contribution in [3.8, 4) is 0 Å². The topological polar surface area (TPSA) is 49.8 Å². The molecule has 6 heteroatoms. The van der Waals surface area contributed by atoms with Crippen molar-refractivity contribution in [3.05, 3.63) is 10.9 Å². The molecule has 0 saturated heterocycles. The average Bonchev–Trinajstić information content (AvgIpc) is 2.92. The smallest absolute Gasteiger partial charge is 0.226 e. The third-order valence-corrected chi connectivity index (χ3v) is 5.01. The molecule has 0 unspecified atom stereocenters. The monoisotopic (exact) mass is 324 g/mol. The molecule has 0 aliphatic heterocycles. The van der Waals surface area contributed by atoms with Gasteiger partial charge in [-0.1, -0.05) is 13.8 Å². The number of aromatic nitrogens is 2. The highest BCUT2D eigenvalue weighted by Gasteiger charge is 2.10. The molecule has 2 aromatic rings. The van der Waals surface area contributed by atoms with E-state index in [9.17, 15) is 0 Å². The fourth-order valence-electron chi connectivity index (χ4n) is 2.02. The number of nitrogens with zero attached hydrogens (tertiary/aromatic N) is 2. The van der Waals surface area contributed by atoms with Gasteiger partial charge in [-0.3, -0.25) is 0 Å². The van der Waals surface area contributed by atoms with Crippen LogP contribution in [0.25, 0.3) is 10.2 Å². The molecular formula is C15H24N4S2. The quantitative estimate of drug-likeness (QED) is 0.676. The van der Waals surface area contributed by atoms with Crippen molar-refractivity contribution in [2.45, 2.75) is 33.1 Å². The van der Waals surface area contributed by atoms with Crippen LogP contribution < -0.4 is 10.6 Å². The Morgan fingerprint density at radius 1 is 1.19 bits per heavy atom. The van der Waals surface area contributed by atoms with Crippen molar-refractivity contribution in [2.75, 3.05) is 35.7 Å². The van der Waals surface area contributed by atoms with Crippen molar-refractivity contribution in [3.63, 3.8) is 0 Å². The fraction of sp³-hybridized carbons (Fsp3) is 0.600. The summed E-state index contributed by atoms with van der Waals surface area (Å²) >= 11 is 3.65. The first-order valence-corrected chi connectivity index (χ1v) is 9.76. The second-order valence-corrected chi connectivity index (χ2v) is 6.98. The van der Waals surface area contributed by atoms with Crippen LogP contribution in [0, 0.1) is 0 Å². The maximum atomic E-state index is 4.65. The number of thioether (sulfide) groups is 1. The van der Waals surface area contributed by atoms with Gasteiger partial charge < -0.3 is 10.6 Å². The van der Waals surface area contributed by atoms with Gasteiger partial charge in [-0.15, -0.1) is 11.3 Å². The van der Waals surface area contributed by atoms with Crippen LogP contribution in [-0.2, 0) is 6.42 Å². The Balaban J connectivity index is 2.22. The largest absolute Gasteiger partial charge is 0.369 e. The molecule has 21 heavy (non-hydrogen) atoms. The van der Waals surface area contributed by atoms with E-state index < -0.39 is 0 Å². The van der Waals surface area contributed by atoms with Crippen LogP contribution in [0.15, 0.2) is 6.07 Å². The van der Waals surface area contributed by atoms with E-state index in [0.29, 0.717) is 0 Å². The number of nitrogens with one attached hydrogen (secondary N) is 2. The van der Waals surface area contributed by atoms with Crippen LogP contribution in [0.2, 0.25) is 0 Å². The van der Waals surface area contributed by atoms with Gasteiger partial charge >= 0.3 is 0 Å². The van der Waals surface area contributed by atoms with E-state index in [4.69, 9.17) is 0 Å². The van der Waals surface area contributed by atoms with Crippen molar-refractivity contribution in [1.29, 1.82) is 0 Å². The van der Waals surface area contributed by atoms with Crippen LogP contribution in [0.5, 0.6) is 0 Å². The maximum Gasteiger partial charge on any atom is 0.226 e. The standard InChI is InChI=1S/C15H24N4S2/c1-4-7-17-15-18-13(16-8-6-9-20-3)12-10-11(5-2)21-14(12)19-15/h10H,4-9H2,1-3H3,(H2,16,17,18,19). The van der Waals surface area contributed by atoms with Crippen LogP contribution in [0.3, 0.4) is 0 Å². The molecule has 0 fully saturated rings. The molecule has 2 N–H and O–H groups in total. The Labute approximate surface area is 135 Å². The molecule has 0 aliphatic carbocycles. The van der Waals surface area contributed by atoms with Crippen molar-refractivity contribution >= 4 is 45.1 Å². The fourth-order valence-corrected chi connectivity index (χ4v) is 3.42. The van der Waals surface area contributed by atoms with Gasteiger partial charge in [-0.2, -0.15) is 16.7 Å². The number of fused-ring (bicyclic) bond motifs is 1. The molecular weight excluding hydrogens is 300 g/mol. The summed E-state index contributed by atoms with van der Waals surface area (Å²) in [5, 5.41) is 7.93. The van der Waals surface area contributed by atoms with Crippen molar-refractivity contribution in [1.82, 2.24) is 9.97 Å². The summed E-state index contributed by atoms with van der Waals surface area (Å²) in [5.41, 5.74) is 0. The lowest BCUT2D eigenvalue weighted by Gasteiger charge is -2.09. The second-order valence-electron chi connectivity index (χ2n) is 4.88. The molecule has 0 aliphatic rings. The van der Waals surface area contributed by atoms with Gasteiger partial charge in [0.1, 0.15) is 10.6 Å². The minimum absolute atomic E-state index is 0.737. The average molecular weight is 325 g/mol. The summed E-state index contributed by atoms with van der Waals surface area (Å²) in [6.07, 6.45) is 5.41. The Hall–Kier alpha value is -1.01. The first-order valence-electron chi connectivity index (χ1n) is 7.55. The van der Waals surface area contributed by atoms with E-state index in [2.05, 4.69) is 46.8 Å². The molecule has 2 rings (SSSR count). The van der Waals surface area contributed by atoms with Gasteiger partial charge in [0.2, 0.25) is 5.95 Å². The summed E-state index contributed by atoms with van der Waals surface area (Å²) in [7, 11) is 0. The minimum Gasteiger partial charge on any atom is -0.369 e. The number of rotatable bonds is 9. The van der Waals surface area contributed by atoms with Crippen LogP contribution in [-0.4, -0.2) is 35.1 Å². The van der Waals surface area contributed by atoms with Gasteiger partial charge in [0.15, 0.2) is 0 Å². The molecule has 0 atom stereocenters. The predicted molar refractivity (Wildman–Crippen MR) is 97.1 cm³/mol. The Morgan fingerprint density at radius 2 is 2.05 bits per heavy atom. The van der Waals surface area contributed by atoms with Crippen LogP contribution in [0.4, 0.5) is 11.8 Å². The van der Waals surface area contributed by atoms with Gasteiger partial charge in [0, 0.05) is 18.0 Å².